The lowest BCUT2D eigenvalue weighted by atomic mass is 10.2. The third-order valence-corrected chi connectivity index (χ3v) is 8.25. The first-order chi connectivity index (χ1) is 18.6. The van der Waals surface area contributed by atoms with Crippen LogP contribution in [0.5, 0.6) is 5.75 Å². The van der Waals surface area contributed by atoms with Gasteiger partial charge >= 0.3 is 0 Å². The van der Waals surface area contributed by atoms with Crippen LogP contribution in [0, 0.1) is 20.8 Å². The summed E-state index contributed by atoms with van der Waals surface area (Å²) in [6.45, 7) is 5.49. The predicted octanol–water partition coefficient (Wildman–Crippen LogP) is 5.41. The lowest BCUT2D eigenvalue weighted by molar-refractivity contribution is -0.119. The van der Waals surface area contributed by atoms with E-state index in [1.807, 2.05) is 45.0 Å². The number of methoxy groups -OCH3 is 1. The summed E-state index contributed by atoms with van der Waals surface area (Å²) < 4.78 is 35.3. The molecule has 4 aromatic rings. The Morgan fingerprint density at radius 3 is 2.44 bits per heavy atom. The number of benzene rings is 3. The van der Waals surface area contributed by atoms with E-state index in [0.717, 1.165) is 32.5 Å². The van der Waals surface area contributed by atoms with Crippen molar-refractivity contribution in [2.24, 2.45) is 5.10 Å². The zero-order valence-corrected chi connectivity index (χ0v) is 23.6. The minimum Gasteiger partial charge on any atom is -0.495 e. The zero-order valence-electron chi connectivity index (χ0n) is 22.1. The minimum absolute atomic E-state index is 0.0387. The van der Waals surface area contributed by atoms with Crippen molar-refractivity contribution in [2.45, 2.75) is 25.7 Å². The van der Waals surface area contributed by atoms with Crippen LogP contribution in [0.3, 0.4) is 0 Å². The van der Waals surface area contributed by atoms with Gasteiger partial charge in [-0.2, -0.15) is 5.10 Å². The summed E-state index contributed by atoms with van der Waals surface area (Å²) in [5, 5.41) is 4.32. The summed E-state index contributed by atoms with van der Waals surface area (Å²) in [5.74, 6) is -0.236. The van der Waals surface area contributed by atoms with Crippen LogP contribution in [-0.2, 0) is 14.8 Å². The number of sulfonamides is 1. The minimum atomic E-state index is -4.09. The second-order valence-electron chi connectivity index (χ2n) is 8.94. The molecule has 0 saturated carbocycles. The second kappa shape index (κ2) is 11.8. The molecule has 39 heavy (non-hydrogen) atoms. The highest BCUT2D eigenvalue weighted by molar-refractivity contribution is 7.92. The molecule has 10 heteroatoms. The van der Waals surface area contributed by atoms with Gasteiger partial charge in [-0.3, -0.25) is 9.10 Å². The van der Waals surface area contributed by atoms with E-state index in [2.05, 4.69) is 21.2 Å². The van der Waals surface area contributed by atoms with Crippen molar-refractivity contribution in [3.63, 3.8) is 0 Å². The lowest BCUT2D eigenvalue weighted by Crippen LogP contribution is -2.39. The van der Waals surface area contributed by atoms with Crippen LogP contribution in [-0.4, -0.2) is 38.8 Å². The van der Waals surface area contributed by atoms with E-state index in [-0.39, 0.29) is 15.6 Å². The number of halogens is 1. The molecule has 0 fully saturated rings. The summed E-state index contributed by atoms with van der Waals surface area (Å²) in [6, 6.07) is 22.5. The van der Waals surface area contributed by atoms with Crippen LogP contribution < -0.4 is 14.5 Å². The Labute approximate surface area is 233 Å². The van der Waals surface area contributed by atoms with Crippen molar-refractivity contribution < 1.29 is 17.9 Å². The monoisotopic (exact) mass is 564 g/mol. The van der Waals surface area contributed by atoms with Crippen molar-refractivity contribution in [3.8, 4) is 11.4 Å². The van der Waals surface area contributed by atoms with Gasteiger partial charge in [0.1, 0.15) is 12.3 Å². The average molecular weight is 565 g/mol. The number of nitrogens with one attached hydrogen (secondary N) is 1. The summed E-state index contributed by atoms with van der Waals surface area (Å²) in [7, 11) is -2.63. The maximum Gasteiger partial charge on any atom is 0.264 e. The maximum atomic E-state index is 13.5. The molecule has 8 nitrogen and oxygen atoms in total. The predicted molar refractivity (Wildman–Crippen MR) is 155 cm³/mol. The van der Waals surface area contributed by atoms with Gasteiger partial charge in [-0.25, -0.2) is 13.8 Å². The molecule has 0 atom stereocenters. The number of hydrazone groups is 1. The van der Waals surface area contributed by atoms with E-state index in [4.69, 9.17) is 16.3 Å². The molecule has 4 rings (SSSR count). The third kappa shape index (κ3) is 6.16. The number of anilines is 1. The van der Waals surface area contributed by atoms with Crippen molar-refractivity contribution in [1.29, 1.82) is 0 Å². The summed E-state index contributed by atoms with van der Waals surface area (Å²) in [4.78, 5) is 13.0. The Balaban J connectivity index is 1.57. The summed E-state index contributed by atoms with van der Waals surface area (Å²) >= 11 is 6.27. The van der Waals surface area contributed by atoms with Crippen molar-refractivity contribution in [2.75, 3.05) is 18.0 Å². The number of hydrogen-bond donors (Lipinski definition) is 1. The zero-order chi connectivity index (χ0) is 28.2. The normalized spacial score (nSPS) is 11.5. The molecule has 1 amide bonds. The molecule has 0 unspecified atom stereocenters. The molecule has 3 aromatic carbocycles. The SMILES string of the molecule is COc1ccc(N(CC(=O)N/N=C\c2cc(C)n(-c3cccc(C)c3)c2C)S(=O)(=O)c2ccccc2)cc1Cl. The maximum absolute atomic E-state index is 13.5. The van der Waals surface area contributed by atoms with Crippen LogP contribution in [0.25, 0.3) is 5.69 Å². The lowest BCUT2D eigenvalue weighted by Gasteiger charge is -2.24. The van der Waals surface area contributed by atoms with E-state index in [0.29, 0.717) is 5.75 Å². The van der Waals surface area contributed by atoms with E-state index in [1.165, 1.54) is 31.4 Å². The van der Waals surface area contributed by atoms with E-state index in [9.17, 15) is 13.2 Å². The fourth-order valence-electron chi connectivity index (χ4n) is 4.27. The number of carbonyl (C=O) groups is 1. The molecule has 1 aromatic heterocycles. The van der Waals surface area contributed by atoms with Crippen molar-refractivity contribution in [1.82, 2.24) is 9.99 Å². The molecule has 1 N–H and O–H groups in total. The molecule has 0 radical (unpaired) electrons. The van der Waals surface area contributed by atoms with E-state index in [1.54, 1.807) is 30.5 Å². The molecule has 202 valence electrons. The molecule has 0 aliphatic rings. The Hall–Kier alpha value is -4.08. The van der Waals surface area contributed by atoms with Gasteiger partial charge in [-0.15, -0.1) is 0 Å². The van der Waals surface area contributed by atoms with Gasteiger partial charge in [0.15, 0.2) is 0 Å². The first-order valence-corrected chi connectivity index (χ1v) is 13.9. The largest absolute Gasteiger partial charge is 0.495 e. The topological polar surface area (TPSA) is 93.0 Å². The fraction of sp³-hybridized carbons (Fsp3) is 0.172. The fourth-order valence-corrected chi connectivity index (χ4v) is 5.95. The van der Waals surface area contributed by atoms with Gasteiger partial charge in [0.05, 0.1) is 28.9 Å². The first kappa shape index (κ1) is 27.9. The quantitative estimate of drug-likeness (QED) is 0.217. The van der Waals surface area contributed by atoms with E-state index < -0.39 is 22.5 Å². The van der Waals surface area contributed by atoms with Gasteiger partial charge in [0, 0.05) is 22.6 Å². The number of aromatic nitrogens is 1. The third-order valence-electron chi connectivity index (χ3n) is 6.16. The average Bonchev–Trinajstić information content (AvgIpc) is 3.20. The van der Waals surface area contributed by atoms with Gasteiger partial charge in [0.2, 0.25) is 0 Å². The van der Waals surface area contributed by atoms with Gasteiger partial charge < -0.3 is 9.30 Å². The summed E-state index contributed by atoms with van der Waals surface area (Å²) in [5.41, 5.74) is 7.65. The Kier molecular flexibility index (Phi) is 8.42. The molecule has 0 saturated heterocycles. The second-order valence-corrected chi connectivity index (χ2v) is 11.2. The van der Waals surface area contributed by atoms with Crippen molar-refractivity contribution >= 4 is 39.4 Å². The Morgan fingerprint density at radius 1 is 1.03 bits per heavy atom. The Morgan fingerprint density at radius 2 is 1.77 bits per heavy atom. The number of nitrogens with zero attached hydrogens (tertiary/aromatic N) is 3. The summed E-state index contributed by atoms with van der Waals surface area (Å²) in [6.07, 6.45) is 1.55. The highest BCUT2D eigenvalue weighted by Crippen LogP contribution is 2.32. The molecule has 0 spiro atoms. The van der Waals surface area contributed by atoms with Crippen LogP contribution in [0.1, 0.15) is 22.5 Å². The number of ether oxygens (including phenoxy) is 1. The van der Waals surface area contributed by atoms with Gasteiger partial charge in [-0.1, -0.05) is 41.9 Å². The highest BCUT2D eigenvalue weighted by Gasteiger charge is 2.27. The Bertz CT molecular complexity index is 1630. The molecular formula is C29H29ClN4O4S. The standard InChI is InChI=1S/C29H29ClN4O4S/c1-20-9-8-10-25(15-20)34-21(2)16-23(22(34)3)18-31-32-29(35)19-33(24-13-14-28(38-4)27(30)17-24)39(36,37)26-11-6-5-7-12-26/h5-18H,19H2,1-4H3,(H,32,35)/b31-18-. The number of aryl methyl sites for hydroxylation is 2. The molecule has 0 aliphatic heterocycles. The highest BCUT2D eigenvalue weighted by atomic mass is 35.5. The molecule has 0 bridgehead atoms. The molecular weight excluding hydrogens is 536 g/mol. The molecule has 0 aliphatic carbocycles. The number of carbonyl (C=O) groups excluding carboxylic acids is 1. The number of rotatable bonds is 9. The van der Waals surface area contributed by atoms with Gasteiger partial charge in [0.25, 0.3) is 15.9 Å². The molecule has 1 heterocycles. The van der Waals surface area contributed by atoms with Crippen LogP contribution >= 0.6 is 11.6 Å². The van der Waals surface area contributed by atoms with Crippen LogP contribution in [0.4, 0.5) is 5.69 Å². The number of amides is 1. The van der Waals surface area contributed by atoms with Crippen LogP contribution in [0.2, 0.25) is 5.02 Å². The van der Waals surface area contributed by atoms with Gasteiger partial charge in [-0.05, 0) is 74.9 Å². The van der Waals surface area contributed by atoms with E-state index >= 15 is 0 Å². The van der Waals surface area contributed by atoms with Crippen molar-refractivity contribution in [3.05, 3.63) is 106 Å². The first-order valence-electron chi connectivity index (χ1n) is 12.1. The van der Waals surface area contributed by atoms with Crippen LogP contribution in [0.15, 0.2) is 88.9 Å². The smallest absolute Gasteiger partial charge is 0.264 e. The number of hydrogen-bond acceptors (Lipinski definition) is 5.